The van der Waals surface area contributed by atoms with Crippen molar-refractivity contribution in [2.24, 2.45) is 0 Å². The number of amides is 1. The first-order valence-electron chi connectivity index (χ1n) is 6.91. The summed E-state index contributed by atoms with van der Waals surface area (Å²) >= 11 is 0. The number of carbonyl (C=O) groups excluding carboxylic acids is 1. The lowest BCUT2D eigenvalue weighted by atomic mass is 10.2. The molecule has 0 aliphatic rings. The topological polar surface area (TPSA) is 106 Å². The van der Waals surface area contributed by atoms with Crippen LogP contribution in [0.5, 0.6) is 5.75 Å². The van der Waals surface area contributed by atoms with Gasteiger partial charge in [0.05, 0.1) is 6.20 Å². The SMILES string of the molecule is O=C(Cn1cc(C(=O)O)nn1)NCc1cccc(OCC(F)(F)F)c1. The Hall–Kier alpha value is -3.11. The molecule has 0 saturated carbocycles. The van der Waals surface area contributed by atoms with Crippen LogP contribution in [0, 0.1) is 0 Å². The monoisotopic (exact) mass is 358 g/mol. The van der Waals surface area contributed by atoms with Gasteiger partial charge in [0.15, 0.2) is 12.3 Å². The van der Waals surface area contributed by atoms with E-state index in [4.69, 9.17) is 5.11 Å². The maximum atomic E-state index is 12.1. The second kappa shape index (κ2) is 7.64. The average molecular weight is 358 g/mol. The molecule has 0 atom stereocenters. The molecule has 0 unspecified atom stereocenters. The van der Waals surface area contributed by atoms with Crippen LogP contribution in [0.25, 0.3) is 0 Å². The van der Waals surface area contributed by atoms with Crippen molar-refractivity contribution in [3.8, 4) is 5.75 Å². The molecule has 1 aromatic heterocycles. The Labute approximate surface area is 139 Å². The summed E-state index contributed by atoms with van der Waals surface area (Å²) < 4.78 is 42.0. The number of rotatable bonds is 7. The highest BCUT2D eigenvalue weighted by molar-refractivity contribution is 5.84. The Morgan fingerprint density at radius 3 is 2.72 bits per heavy atom. The summed E-state index contributed by atoms with van der Waals surface area (Å²) in [4.78, 5) is 22.4. The molecule has 0 aliphatic carbocycles. The van der Waals surface area contributed by atoms with Crippen LogP contribution in [0.3, 0.4) is 0 Å². The van der Waals surface area contributed by atoms with Crippen molar-refractivity contribution >= 4 is 11.9 Å². The predicted molar refractivity (Wildman–Crippen MR) is 76.8 cm³/mol. The number of nitrogens with one attached hydrogen (secondary N) is 1. The Bertz CT molecular complexity index is 761. The van der Waals surface area contributed by atoms with Crippen LogP contribution < -0.4 is 10.1 Å². The minimum atomic E-state index is -4.43. The Morgan fingerprint density at radius 2 is 2.08 bits per heavy atom. The molecule has 0 bridgehead atoms. The molecule has 0 saturated heterocycles. The summed E-state index contributed by atoms with van der Waals surface area (Å²) in [5, 5.41) is 18.1. The number of nitrogens with zero attached hydrogens (tertiary/aromatic N) is 3. The fraction of sp³-hybridized carbons (Fsp3) is 0.286. The van der Waals surface area contributed by atoms with E-state index in [0.29, 0.717) is 5.56 Å². The molecular formula is C14H13F3N4O4. The van der Waals surface area contributed by atoms with Gasteiger partial charge in [-0.05, 0) is 17.7 Å². The lowest BCUT2D eigenvalue weighted by molar-refractivity contribution is -0.153. The van der Waals surface area contributed by atoms with Gasteiger partial charge in [0.25, 0.3) is 0 Å². The van der Waals surface area contributed by atoms with E-state index >= 15 is 0 Å². The molecule has 2 aromatic rings. The van der Waals surface area contributed by atoms with E-state index in [1.54, 1.807) is 6.07 Å². The van der Waals surface area contributed by atoms with Gasteiger partial charge in [0.2, 0.25) is 5.91 Å². The zero-order valence-corrected chi connectivity index (χ0v) is 12.7. The number of benzene rings is 1. The summed E-state index contributed by atoms with van der Waals surface area (Å²) in [7, 11) is 0. The molecule has 1 aromatic carbocycles. The van der Waals surface area contributed by atoms with Crippen molar-refractivity contribution in [3.63, 3.8) is 0 Å². The summed E-state index contributed by atoms with van der Waals surface area (Å²) in [6.07, 6.45) is -3.33. The molecule has 2 N–H and O–H groups in total. The van der Waals surface area contributed by atoms with E-state index < -0.39 is 24.7 Å². The Morgan fingerprint density at radius 1 is 1.32 bits per heavy atom. The zero-order chi connectivity index (χ0) is 18.4. The third-order valence-corrected chi connectivity index (χ3v) is 2.85. The normalized spacial score (nSPS) is 11.2. The maximum Gasteiger partial charge on any atom is 0.422 e. The van der Waals surface area contributed by atoms with Crippen LogP contribution in [-0.2, 0) is 17.9 Å². The number of alkyl halides is 3. The number of ether oxygens (including phenoxy) is 1. The molecule has 11 heteroatoms. The molecule has 0 aliphatic heterocycles. The van der Waals surface area contributed by atoms with Gasteiger partial charge in [-0.3, -0.25) is 4.79 Å². The van der Waals surface area contributed by atoms with Crippen molar-refractivity contribution < 1.29 is 32.6 Å². The maximum absolute atomic E-state index is 12.1. The van der Waals surface area contributed by atoms with Crippen LogP contribution in [0.2, 0.25) is 0 Å². The number of hydrogen-bond acceptors (Lipinski definition) is 5. The van der Waals surface area contributed by atoms with Crippen molar-refractivity contribution in [2.45, 2.75) is 19.3 Å². The van der Waals surface area contributed by atoms with Crippen molar-refractivity contribution in [3.05, 3.63) is 41.7 Å². The van der Waals surface area contributed by atoms with Crippen LogP contribution in [-0.4, -0.2) is 44.8 Å². The molecule has 0 spiro atoms. The molecule has 134 valence electrons. The first-order valence-corrected chi connectivity index (χ1v) is 6.91. The summed E-state index contributed by atoms with van der Waals surface area (Å²) in [6.45, 7) is -1.59. The van der Waals surface area contributed by atoms with Gasteiger partial charge < -0.3 is 15.2 Å². The molecule has 25 heavy (non-hydrogen) atoms. The number of halogens is 3. The number of carboxylic acids is 1. The molecule has 0 fully saturated rings. The number of carboxylic acid groups (broad SMARTS) is 1. The van der Waals surface area contributed by atoms with Crippen molar-refractivity contribution in [1.29, 1.82) is 0 Å². The molecular weight excluding hydrogens is 345 g/mol. The van der Waals surface area contributed by atoms with E-state index in [1.165, 1.54) is 18.2 Å². The molecule has 1 heterocycles. The first-order chi connectivity index (χ1) is 11.7. The lowest BCUT2D eigenvalue weighted by Gasteiger charge is -2.10. The van der Waals surface area contributed by atoms with Gasteiger partial charge in [-0.1, -0.05) is 17.3 Å². The molecule has 0 radical (unpaired) electrons. The number of carbonyl (C=O) groups is 2. The second-order valence-electron chi connectivity index (χ2n) is 4.93. The second-order valence-corrected chi connectivity index (χ2v) is 4.93. The minimum absolute atomic E-state index is 0.0338. The average Bonchev–Trinajstić information content (AvgIpc) is 2.99. The van der Waals surface area contributed by atoms with E-state index in [2.05, 4.69) is 20.4 Å². The van der Waals surface area contributed by atoms with Gasteiger partial charge >= 0.3 is 12.1 Å². The summed E-state index contributed by atoms with van der Waals surface area (Å²) in [5.74, 6) is -1.70. The standard InChI is InChI=1S/C14H13F3N4O4/c15-14(16,17)8-25-10-3-1-2-9(4-10)5-18-12(22)7-21-6-11(13(23)24)19-20-21/h1-4,6H,5,7-8H2,(H,18,22)(H,23,24). The highest BCUT2D eigenvalue weighted by Gasteiger charge is 2.28. The fourth-order valence-electron chi connectivity index (χ4n) is 1.79. The smallest absolute Gasteiger partial charge is 0.422 e. The van der Waals surface area contributed by atoms with Crippen LogP contribution in [0.4, 0.5) is 13.2 Å². The Balaban J connectivity index is 1.85. The van der Waals surface area contributed by atoms with Crippen LogP contribution in [0.15, 0.2) is 30.5 Å². The van der Waals surface area contributed by atoms with Gasteiger partial charge in [0.1, 0.15) is 12.3 Å². The number of hydrogen-bond donors (Lipinski definition) is 2. The van der Waals surface area contributed by atoms with E-state index in [0.717, 1.165) is 10.9 Å². The van der Waals surface area contributed by atoms with Gasteiger partial charge in [0, 0.05) is 6.54 Å². The van der Waals surface area contributed by atoms with Crippen molar-refractivity contribution in [2.75, 3.05) is 6.61 Å². The lowest BCUT2D eigenvalue weighted by Crippen LogP contribution is -2.27. The molecule has 2 rings (SSSR count). The first kappa shape index (κ1) is 18.2. The van der Waals surface area contributed by atoms with Crippen molar-refractivity contribution in [1.82, 2.24) is 20.3 Å². The van der Waals surface area contributed by atoms with Gasteiger partial charge in [-0.2, -0.15) is 13.2 Å². The predicted octanol–water partition coefficient (Wildman–Crippen LogP) is 1.23. The van der Waals surface area contributed by atoms with E-state index in [9.17, 15) is 22.8 Å². The van der Waals surface area contributed by atoms with Crippen LogP contribution >= 0.6 is 0 Å². The number of aromatic nitrogens is 3. The highest BCUT2D eigenvalue weighted by Crippen LogP contribution is 2.19. The third kappa shape index (κ3) is 6.12. The van der Waals surface area contributed by atoms with E-state index in [1.807, 2.05) is 0 Å². The summed E-state index contributed by atoms with van der Waals surface area (Å²) in [5.41, 5.74) is 0.250. The number of aromatic carboxylic acids is 1. The van der Waals surface area contributed by atoms with Gasteiger partial charge in [-0.25, -0.2) is 9.48 Å². The fourth-order valence-corrected chi connectivity index (χ4v) is 1.79. The largest absolute Gasteiger partial charge is 0.484 e. The minimum Gasteiger partial charge on any atom is -0.484 e. The summed E-state index contributed by atoms with van der Waals surface area (Å²) in [6, 6.07) is 5.87. The zero-order valence-electron chi connectivity index (χ0n) is 12.7. The molecule has 1 amide bonds. The van der Waals surface area contributed by atoms with Crippen LogP contribution in [0.1, 0.15) is 16.1 Å². The quantitative estimate of drug-likeness (QED) is 0.771. The molecule has 8 nitrogen and oxygen atoms in total. The Kier molecular flexibility index (Phi) is 5.57. The van der Waals surface area contributed by atoms with E-state index in [-0.39, 0.29) is 24.5 Å². The van der Waals surface area contributed by atoms with Gasteiger partial charge in [-0.15, -0.1) is 5.10 Å². The highest BCUT2D eigenvalue weighted by atomic mass is 19.4. The third-order valence-electron chi connectivity index (χ3n) is 2.85.